The van der Waals surface area contributed by atoms with Gasteiger partial charge in [-0.1, -0.05) is 35.3 Å². The summed E-state index contributed by atoms with van der Waals surface area (Å²) in [4.78, 5) is 35.2. The molecule has 0 radical (unpaired) electrons. The second-order valence-electron chi connectivity index (χ2n) is 5.73. The molecule has 3 rings (SSSR count). The van der Waals surface area contributed by atoms with Gasteiger partial charge in [0.15, 0.2) is 0 Å². The molecule has 148 valence electrons. The van der Waals surface area contributed by atoms with E-state index >= 15 is 0 Å². The number of benzene rings is 2. The molecule has 0 unspecified atom stereocenters. The molecular formula is C19H12Cl2N2O5S. The molecule has 1 aromatic heterocycles. The van der Waals surface area contributed by atoms with Crippen molar-refractivity contribution >= 4 is 57.1 Å². The fourth-order valence-electron chi connectivity index (χ4n) is 2.57. The molecule has 0 saturated carbocycles. The van der Waals surface area contributed by atoms with Crippen molar-refractivity contribution < 1.29 is 19.2 Å². The van der Waals surface area contributed by atoms with Crippen molar-refractivity contribution in [3.63, 3.8) is 0 Å². The van der Waals surface area contributed by atoms with E-state index in [1.54, 1.807) is 29.6 Å². The summed E-state index contributed by atoms with van der Waals surface area (Å²) in [7, 11) is 1.24. The number of nitrogens with zero attached hydrogens (tertiary/aromatic N) is 1. The minimum Gasteiger partial charge on any atom is -0.465 e. The lowest BCUT2D eigenvalue weighted by Gasteiger charge is -2.08. The molecule has 0 aliphatic carbocycles. The van der Waals surface area contributed by atoms with Crippen molar-refractivity contribution in [2.75, 3.05) is 12.4 Å². The van der Waals surface area contributed by atoms with Crippen molar-refractivity contribution in [2.24, 2.45) is 0 Å². The van der Waals surface area contributed by atoms with Crippen LogP contribution in [0.25, 0.3) is 11.1 Å². The van der Waals surface area contributed by atoms with Crippen LogP contribution in [0.3, 0.4) is 0 Å². The number of carbonyl (C=O) groups is 2. The number of halogens is 2. The molecule has 29 heavy (non-hydrogen) atoms. The van der Waals surface area contributed by atoms with Crippen LogP contribution < -0.4 is 5.32 Å². The fourth-order valence-corrected chi connectivity index (χ4v) is 3.90. The molecule has 1 N–H and O–H groups in total. The first kappa shape index (κ1) is 20.8. The number of methoxy groups -OCH3 is 1. The van der Waals surface area contributed by atoms with Crippen LogP contribution in [0.5, 0.6) is 0 Å². The van der Waals surface area contributed by atoms with E-state index in [4.69, 9.17) is 27.9 Å². The highest BCUT2D eigenvalue weighted by atomic mass is 35.5. The molecule has 10 heteroatoms. The number of hydrogen-bond acceptors (Lipinski definition) is 6. The summed E-state index contributed by atoms with van der Waals surface area (Å²) in [5.41, 5.74) is 1.30. The minimum absolute atomic E-state index is 0.109. The van der Waals surface area contributed by atoms with Gasteiger partial charge in [0.1, 0.15) is 15.6 Å². The highest BCUT2D eigenvalue weighted by Crippen LogP contribution is 2.37. The molecule has 0 bridgehead atoms. The van der Waals surface area contributed by atoms with Crippen molar-refractivity contribution in [1.82, 2.24) is 0 Å². The molecule has 3 aromatic rings. The summed E-state index contributed by atoms with van der Waals surface area (Å²) in [5, 5.41) is 15.9. The van der Waals surface area contributed by atoms with Crippen LogP contribution in [0.4, 0.5) is 10.7 Å². The third-order valence-corrected chi connectivity index (χ3v) is 5.42. The highest BCUT2D eigenvalue weighted by Gasteiger charge is 2.23. The van der Waals surface area contributed by atoms with E-state index in [1.165, 1.54) is 19.2 Å². The Morgan fingerprint density at radius 3 is 2.41 bits per heavy atom. The number of carbonyl (C=O) groups excluding carboxylic acids is 2. The van der Waals surface area contributed by atoms with Crippen molar-refractivity contribution in [3.8, 4) is 11.1 Å². The van der Waals surface area contributed by atoms with Crippen molar-refractivity contribution in [1.29, 1.82) is 0 Å². The van der Waals surface area contributed by atoms with Crippen LogP contribution in [0.1, 0.15) is 20.7 Å². The lowest BCUT2D eigenvalue weighted by Crippen LogP contribution is -2.14. The molecule has 0 aliphatic heterocycles. The Morgan fingerprint density at radius 1 is 1.14 bits per heavy atom. The maximum atomic E-state index is 12.6. The zero-order valence-corrected chi connectivity index (χ0v) is 17.1. The van der Waals surface area contributed by atoms with E-state index in [2.05, 4.69) is 5.32 Å². The molecule has 0 atom stereocenters. The molecule has 1 heterocycles. The highest BCUT2D eigenvalue weighted by molar-refractivity contribution is 7.15. The topological polar surface area (TPSA) is 98.5 Å². The molecule has 1 amide bonds. The Balaban J connectivity index is 1.96. The number of anilines is 1. The van der Waals surface area contributed by atoms with Gasteiger partial charge < -0.3 is 10.1 Å². The van der Waals surface area contributed by atoms with E-state index in [1.807, 2.05) is 0 Å². The first-order chi connectivity index (χ1) is 13.8. The number of amides is 1. The summed E-state index contributed by atoms with van der Waals surface area (Å²) in [6.45, 7) is 0. The maximum Gasteiger partial charge on any atom is 0.341 e. The summed E-state index contributed by atoms with van der Waals surface area (Å²) < 4.78 is 4.86. The Kier molecular flexibility index (Phi) is 6.17. The summed E-state index contributed by atoms with van der Waals surface area (Å²) in [6, 6.07) is 10.5. The zero-order chi connectivity index (χ0) is 21.1. The smallest absolute Gasteiger partial charge is 0.341 e. The van der Waals surface area contributed by atoms with Gasteiger partial charge in [-0.05, 0) is 29.8 Å². The SMILES string of the molecule is COC(=O)c1c(-c2ccc(Cl)cc2)csc1NC(=O)c1ccc([N+](=O)[O-])c(Cl)c1. The van der Waals surface area contributed by atoms with Gasteiger partial charge in [-0.2, -0.15) is 0 Å². The normalized spacial score (nSPS) is 10.4. The molecule has 2 aromatic carbocycles. The predicted molar refractivity (Wildman–Crippen MR) is 112 cm³/mol. The van der Waals surface area contributed by atoms with Gasteiger partial charge in [-0.3, -0.25) is 14.9 Å². The van der Waals surface area contributed by atoms with Gasteiger partial charge in [0.25, 0.3) is 11.6 Å². The fraction of sp³-hybridized carbons (Fsp3) is 0.0526. The number of esters is 1. The second kappa shape index (κ2) is 8.60. The van der Waals surface area contributed by atoms with Crippen molar-refractivity contribution in [2.45, 2.75) is 0 Å². The number of rotatable bonds is 5. The third kappa shape index (κ3) is 4.40. The van der Waals surface area contributed by atoms with E-state index in [0.717, 1.165) is 23.0 Å². The van der Waals surface area contributed by atoms with E-state index in [0.29, 0.717) is 10.6 Å². The second-order valence-corrected chi connectivity index (χ2v) is 7.45. The number of nitro benzene ring substituents is 1. The average molecular weight is 451 g/mol. The van der Waals surface area contributed by atoms with Crippen LogP contribution in [-0.2, 0) is 4.74 Å². The predicted octanol–water partition coefficient (Wildman–Crippen LogP) is 5.67. The number of nitrogens with one attached hydrogen (secondary N) is 1. The third-order valence-electron chi connectivity index (χ3n) is 3.97. The zero-order valence-electron chi connectivity index (χ0n) is 14.8. The number of nitro groups is 1. The summed E-state index contributed by atoms with van der Waals surface area (Å²) in [6.07, 6.45) is 0. The molecule has 7 nitrogen and oxygen atoms in total. The van der Waals surface area contributed by atoms with Crippen LogP contribution in [0, 0.1) is 10.1 Å². The Morgan fingerprint density at radius 2 is 1.83 bits per heavy atom. The Bertz CT molecular complexity index is 1110. The quantitative estimate of drug-likeness (QED) is 0.306. The monoisotopic (exact) mass is 450 g/mol. The summed E-state index contributed by atoms with van der Waals surface area (Å²) in [5.74, 6) is -1.19. The largest absolute Gasteiger partial charge is 0.465 e. The maximum absolute atomic E-state index is 12.6. The number of thiophene rings is 1. The Hall–Kier alpha value is -2.94. The van der Waals surface area contributed by atoms with Gasteiger partial charge in [0, 0.05) is 27.6 Å². The lowest BCUT2D eigenvalue weighted by molar-refractivity contribution is -0.384. The average Bonchev–Trinajstić information content (AvgIpc) is 3.11. The number of ether oxygens (including phenoxy) is 1. The molecular weight excluding hydrogens is 439 g/mol. The summed E-state index contributed by atoms with van der Waals surface area (Å²) >= 11 is 12.9. The molecule has 0 fully saturated rings. The molecule has 0 saturated heterocycles. The molecule has 0 aliphatic rings. The van der Waals surface area contributed by atoms with Gasteiger partial charge in [0.2, 0.25) is 0 Å². The standard InChI is InChI=1S/C19H12Cl2N2O5S/c1-28-19(25)16-13(10-2-5-12(20)6-3-10)9-29-18(16)22-17(24)11-4-7-15(23(26)27)14(21)8-11/h2-9H,1H3,(H,22,24). The van der Waals surface area contributed by atoms with Crippen molar-refractivity contribution in [3.05, 3.63) is 79.1 Å². The van der Waals surface area contributed by atoms with E-state index < -0.39 is 16.8 Å². The van der Waals surface area contributed by atoms with Crippen LogP contribution in [0.2, 0.25) is 10.0 Å². The van der Waals surface area contributed by atoms with Gasteiger partial charge >= 0.3 is 5.97 Å². The lowest BCUT2D eigenvalue weighted by atomic mass is 10.0. The van der Waals surface area contributed by atoms with Gasteiger partial charge in [-0.25, -0.2) is 4.79 Å². The minimum atomic E-state index is -0.642. The number of hydrogen-bond donors (Lipinski definition) is 1. The molecule has 0 spiro atoms. The first-order valence-electron chi connectivity index (χ1n) is 8.03. The van der Waals surface area contributed by atoms with Crippen LogP contribution in [-0.4, -0.2) is 23.9 Å². The van der Waals surface area contributed by atoms with E-state index in [9.17, 15) is 19.7 Å². The van der Waals surface area contributed by atoms with E-state index in [-0.39, 0.29) is 26.8 Å². The van der Waals surface area contributed by atoms with Gasteiger partial charge in [-0.15, -0.1) is 11.3 Å². The van der Waals surface area contributed by atoms with Gasteiger partial charge in [0.05, 0.1) is 12.0 Å². The van der Waals surface area contributed by atoms with Crippen LogP contribution >= 0.6 is 34.5 Å². The first-order valence-corrected chi connectivity index (χ1v) is 9.66. The van der Waals surface area contributed by atoms with Crippen LogP contribution in [0.15, 0.2) is 47.8 Å². The Labute approximate surface area is 179 Å².